The number of amides is 1. The predicted molar refractivity (Wildman–Crippen MR) is 112 cm³/mol. The maximum absolute atomic E-state index is 13.4. The number of anilines is 1. The van der Waals surface area contributed by atoms with Gasteiger partial charge >= 0.3 is 0 Å². The van der Waals surface area contributed by atoms with Crippen LogP contribution in [-0.2, 0) is 9.59 Å². The number of aromatic nitrogens is 1. The highest BCUT2D eigenvalue weighted by molar-refractivity contribution is 6.51. The van der Waals surface area contributed by atoms with Crippen LogP contribution in [0.4, 0.5) is 10.1 Å². The Morgan fingerprint density at radius 2 is 1.73 bits per heavy atom. The number of rotatable bonds is 3. The fourth-order valence-corrected chi connectivity index (χ4v) is 3.62. The molecule has 5 nitrogen and oxygen atoms in total. The van der Waals surface area contributed by atoms with Gasteiger partial charge in [-0.2, -0.15) is 0 Å². The van der Waals surface area contributed by atoms with Crippen LogP contribution in [0.5, 0.6) is 0 Å². The zero-order chi connectivity index (χ0) is 21.4. The molecule has 1 fully saturated rings. The van der Waals surface area contributed by atoms with E-state index in [2.05, 4.69) is 4.98 Å². The van der Waals surface area contributed by atoms with Crippen molar-refractivity contribution >= 4 is 46.3 Å². The van der Waals surface area contributed by atoms with Crippen LogP contribution in [0, 0.1) is 5.82 Å². The number of carbonyl (C=O) groups is 2. The fraction of sp³-hybridized carbons (Fsp3) is 0.0455. The van der Waals surface area contributed by atoms with Crippen molar-refractivity contribution < 1.29 is 19.1 Å². The van der Waals surface area contributed by atoms with Crippen LogP contribution >= 0.6 is 23.2 Å². The number of halogens is 3. The van der Waals surface area contributed by atoms with E-state index >= 15 is 0 Å². The van der Waals surface area contributed by atoms with E-state index in [9.17, 15) is 19.1 Å². The second-order valence-corrected chi connectivity index (χ2v) is 7.34. The number of Topliss-reactive ketones (excluding diaryl/α,β-unsaturated/α-hetero) is 1. The summed E-state index contributed by atoms with van der Waals surface area (Å²) in [6, 6.07) is 13.5. The van der Waals surface area contributed by atoms with Crippen LogP contribution in [0.25, 0.3) is 5.76 Å². The molecule has 0 aliphatic carbocycles. The summed E-state index contributed by atoms with van der Waals surface area (Å²) in [7, 11) is 0. The first-order valence-corrected chi connectivity index (χ1v) is 9.57. The van der Waals surface area contributed by atoms with Crippen molar-refractivity contribution in [1.29, 1.82) is 0 Å². The van der Waals surface area contributed by atoms with E-state index in [4.69, 9.17) is 23.2 Å². The summed E-state index contributed by atoms with van der Waals surface area (Å²) in [6.07, 6.45) is 1.51. The Balaban J connectivity index is 1.94. The minimum Gasteiger partial charge on any atom is -0.507 e. The molecule has 0 radical (unpaired) electrons. The highest BCUT2D eigenvalue weighted by atomic mass is 35.5. The lowest BCUT2D eigenvalue weighted by Gasteiger charge is -2.24. The number of hydrogen-bond donors (Lipinski definition) is 1. The normalized spacial score (nSPS) is 18.1. The van der Waals surface area contributed by atoms with Crippen LogP contribution in [0.2, 0.25) is 10.0 Å². The second kappa shape index (κ2) is 7.89. The monoisotopic (exact) mass is 442 g/mol. The van der Waals surface area contributed by atoms with E-state index in [0.29, 0.717) is 11.4 Å². The third-order valence-corrected chi connectivity index (χ3v) is 5.45. The number of benzene rings is 2. The lowest BCUT2D eigenvalue weighted by atomic mass is 9.98. The first-order valence-electron chi connectivity index (χ1n) is 8.81. The highest BCUT2D eigenvalue weighted by Crippen LogP contribution is 2.41. The molecule has 4 rings (SSSR count). The van der Waals surface area contributed by atoms with Crippen molar-refractivity contribution in [1.82, 2.24) is 4.98 Å². The van der Waals surface area contributed by atoms with Gasteiger partial charge in [-0.25, -0.2) is 4.39 Å². The molecule has 1 saturated heterocycles. The Bertz CT molecular complexity index is 1180. The Morgan fingerprint density at radius 3 is 2.37 bits per heavy atom. The summed E-state index contributed by atoms with van der Waals surface area (Å²) >= 11 is 12.0. The van der Waals surface area contributed by atoms with Gasteiger partial charge in [-0.3, -0.25) is 19.5 Å². The smallest absolute Gasteiger partial charge is 0.300 e. The number of aliphatic hydroxyl groups excluding tert-OH is 1. The standard InChI is InChI=1S/C22H13Cl2FN2O3/c23-15-9-4-12(11-16(15)24)20(28)18-19(17-3-1-2-10-26-17)27(22(30)21(18)29)14-7-5-13(25)6-8-14/h1-11,19,28H/b20-18-. The maximum Gasteiger partial charge on any atom is 0.300 e. The third kappa shape index (κ3) is 3.44. The number of carbonyl (C=O) groups excluding carboxylic acids is 2. The van der Waals surface area contributed by atoms with Crippen LogP contribution in [-0.4, -0.2) is 21.8 Å². The van der Waals surface area contributed by atoms with Gasteiger partial charge < -0.3 is 5.11 Å². The molecule has 1 aliphatic rings. The first-order chi connectivity index (χ1) is 14.4. The Morgan fingerprint density at radius 1 is 1.00 bits per heavy atom. The number of aliphatic hydroxyl groups is 1. The molecule has 0 spiro atoms. The van der Waals surface area contributed by atoms with Crippen LogP contribution < -0.4 is 4.90 Å². The molecule has 1 atom stereocenters. The molecule has 3 aromatic rings. The molecular weight excluding hydrogens is 430 g/mol. The van der Waals surface area contributed by atoms with E-state index < -0.39 is 29.3 Å². The zero-order valence-electron chi connectivity index (χ0n) is 15.2. The van der Waals surface area contributed by atoms with Gasteiger partial charge in [-0.1, -0.05) is 29.3 Å². The topological polar surface area (TPSA) is 70.5 Å². The number of pyridine rings is 1. The van der Waals surface area contributed by atoms with Gasteiger partial charge in [0.15, 0.2) is 0 Å². The van der Waals surface area contributed by atoms with Crippen molar-refractivity contribution in [3.8, 4) is 0 Å². The van der Waals surface area contributed by atoms with Crippen LogP contribution in [0.15, 0.2) is 72.4 Å². The molecule has 0 saturated carbocycles. The molecule has 2 aromatic carbocycles. The van der Waals surface area contributed by atoms with E-state index in [1.165, 1.54) is 53.6 Å². The molecule has 1 N–H and O–H groups in total. The second-order valence-electron chi connectivity index (χ2n) is 6.53. The molecular formula is C22H13Cl2FN2O3. The largest absolute Gasteiger partial charge is 0.507 e. The summed E-state index contributed by atoms with van der Waals surface area (Å²) < 4.78 is 13.4. The minimum atomic E-state index is -1.01. The SMILES string of the molecule is O=C1C(=O)N(c2ccc(F)cc2)C(c2ccccn2)/C1=C(/O)c1ccc(Cl)c(Cl)c1. The van der Waals surface area contributed by atoms with Crippen molar-refractivity contribution in [2.24, 2.45) is 0 Å². The molecule has 1 unspecified atom stereocenters. The molecule has 30 heavy (non-hydrogen) atoms. The van der Waals surface area contributed by atoms with Crippen LogP contribution in [0.1, 0.15) is 17.3 Å². The van der Waals surface area contributed by atoms with E-state index in [1.54, 1.807) is 18.2 Å². The van der Waals surface area contributed by atoms with E-state index in [0.717, 1.165) is 0 Å². The summed E-state index contributed by atoms with van der Waals surface area (Å²) in [4.78, 5) is 31.3. The maximum atomic E-state index is 13.4. The number of ketones is 1. The Hall–Kier alpha value is -3.22. The van der Waals surface area contributed by atoms with Crippen molar-refractivity contribution in [2.45, 2.75) is 6.04 Å². The Kier molecular flexibility index (Phi) is 5.28. The minimum absolute atomic E-state index is 0.151. The lowest BCUT2D eigenvalue weighted by molar-refractivity contribution is -0.132. The van der Waals surface area contributed by atoms with Crippen molar-refractivity contribution in [3.05, 3.63) is 99.6 Å². The van der Waals surface area contributed by atoms with Gasteiger partial charge in [0.2, 0.25) is 0 Å². The van der Waals surface area contributed by atoms with E-state index in [-0.39, 0.29) is 21.2 Å². The molecule has 150 valence electrons. The van der Waals surface area contributed by atoms with Gasteiger partial charge in [-0.05, 0) is 54.6 Å². The summed E-state index contributed by atoms with van der Waals surface area (Å²) in [5.74, 6) is -2.65. The average molecular weight is 443 g/mol. The summed E-state index contributed by atoms with van der Waals surface area (Å²) in [5.41, 5.74) is 0.730. The molecule has 1 aliphatic heterocycles. The number of nitrogens with zero attached hydrogens (tertiary/aromatic N) is 2. The molecule has 2 heterocycles. The summed E-state index contributed by atoms with van der Waals surface area (Å²) in [6.45, 7) is 0. The van der Waals surface area contributed by atoms with E-state index in [1.807, 2.05) is 0 Å². The number of hydrogen-bond acceptors (Lipinski definition) is 4. The van der Waals surface area contributed by atoms with Crippen LogP contribution in [0.3, 0.4) is 0 Å². The van der Waals surface area contributed by atoms with Gasteiger partial charge in [0.1, 0.15) is 17.6 Å². The molecule has 1 aromatic heterocycles. The van der Waals surface area contributed by atoms with Gasteiger partial charge in [0.05, 0.1) is 21.3 Å². The highest BCUT2D eigenvalue weighted by Gasteiger charge is 2.47. The molecule has 1 amide bonds. The van der Waals surface area contributed by atoms with Gasteiger partial charge in [0, 0.05) is 17.4 Å². The quantitative estimate of drug-likeness (QED) is 0.345. The lowest BCUT2D eigenvalue weighted by Crippen LogP contribution is -2.29. The fourth-order valence-electron chi connectivity index (χ4n) is 3.32. The van der Waals surface area contributed by atoms with Crippen molar-refractivity contribution in [2.75, 3.05) is 4.90 Å². The van der Waals surface area contributed by atoms with Crippen molar-refractivity contribution in [3.63, 3.8) is 0 Å². The first kappa shape index (κ1) is 20.1. The Labute approximate surface area is 181 Å². The average Bonchev–Trinajstić information content (AvgIpc) is 3.02. The third-order valence-electron chi connectivity index (χ3n) is 4.71. The summed E-state index contributed by atoms with van der Waals surface area (Å²) in [5, 5.41) is 11.4. The molecule has 8 heteroatoms. The van der Waals surface area contributed by atoms with Gasteiger partial charge in [-0.15, -0.1) is 0 Å². The zero-order valence-corrected chi connectivity index (χ0v) is 16.7. The van der Waals surface area contributed by atoms with Gasteiger partial charge in [0.25, 0.3) is 11.7 Å². The molecule has 0 bridgehead atoms. The predicted octanol–water partition coefficient (Wildman–Crippen LogP) is 5.15.